The number of benzene rings is 1. The summed E-state index contributed by atoms with van der Waals surface area (Å²) in [4.78, 5) is 16.9. The number of aryl methyl sites for hydroxylation is 3. The molecule has 2 aromatic heterocycles. The minimum atomic E-state index is -0.294. The number of nitrogens with zero attached hydrogens (tertiary/aromatic N) is 3. The van der Waals surface area contributed by atoms with E-state index >= 15 is 0 Å². The van der Waals surface area contributed by atoms with Crippen molar-refractivity contribution in [2.75, 3.05) is 13.2 Å². The molecule has 0 bridgehead atoms. The molecular weight excluding hydrogens is 388 g/mol. The minimum Gasteiger partial charge on any atom is -0.494 e. The summed E-state index contributed by atoms with van der Waals surface area (Å²) in [6.07, 6.45) is 1.63. The van der Waals surface area contributed by atoms with Crippen molar-refractivity contribution in [2.45, 2.75) is 33.6 Å². The molecule has 0 fully saturated rings. The van der Waals surface area contributed by atoms with Crippen LogP contribution in [-0.2, 0) is 0 Å². The van der Waals surface area contributed by atoms with Crippen LogP contribution >= 0.6 is 11.6 Å². The number of rotatable bonds is 8. The van der Waals surface area contributed by atoms with Gasteiger partial charge in [-0.3, -0.25) is 4.79 Å². The summed E-state index contributed by atoms with van der Waals surface area (Å²) in [7, 11) is 0. The monoisotopic (exact) mass is 412 g/mol. The van der Waals surface area contributed by atoms with Gasteiger partial charge in [0.2, 0.25) is 0 Å². The summed E-state index contributed by atoms with van der Waals surface area (Å²) in [6.45, 7) is 7.02. The maximum atomic E-state index is 12.5. The summed E-state index contributed by atoms with van der Waals surface area (Å²) >= 11 is 6.19. The molecule has 0 saturated carbocycles. The van der Waals surface area contributed by atoms with Crippen LogP contribution in [0.4, 0.5) is 0 Å². The Morgan fingerprint density at radius 3 is 2.55 bits per heavy atom. The van der Waals surface area contributed by atoms with E-state index in [1.807, 2.05) is 51.1 Å². The lowest BCUT2D eigenvalue weighted by Gasteiger charge is -2.10. The number of carbonyl (C=O) groups excluding carboxylic acids is 1. The number of halogens is 1. The number of carbonyl (C=O) groups is 1. The van der Waals surface area contributed by atoms with E-state index in [0.29, 0.717) is 24.0 Å². The van der Waals surface area contributed by atoms with Crippen LogP contribution < -0.4 is 10.1 Å². The summed E-state index contributed by atoms with van der Waals surface area (Å²) in [6, 6.07) is 13.3. The molecule has 29 heavy (non-hydrogen) atoms. The van der Waals surface area contributed by atoms with Gasteiger partial charge in [0.1, 0.15) is 11.4 Å². The molecule has 0 radical (unpaired) electrons. The normalized spacial score (nSPS) is 10.8. The lowest BCUT2D eigenvalue weighted by molar-refractivity contribution is 0.0947. The molecule has 0 atom stereocenters. The Hall–Kier alpha value is -2.86. The van der Waals surface area contributed by atoms with Crippen LogP contribution in [0.1, 0.15) is 40.3 Å². The molecule has 1 aromatic carbocycles. The highest BCUT2D eigenvalue weighted by molar-refractivity contribution is 6.33. The molecule has 6 nitrogen and oxygen atoms in total. The first kappa shape index (κ1) is 20.9. The Kier molecular flexibility index (Phi) is 6.88. The Balaban J connectivity index is 1.49. The van der Waals surface area contributed by atoms with Crippen molar-refractivity contribution in [3.8, 4) is 11.6 Å². The van der Waals surface area contributed by atoms with Crippen molar-refractivity contribution in [2.24, 2.45) is 0 Å². The highest BCUT2D eigenvalue weighted by Gasteiger charge is 2.15. The van der Waals surface area contributed by atoms with E-state index in [0.717, 1.165) is 30.0 Å². The average molecular weight is 413 g/mol. The predicted molar refractivity (Wildman–Crippen MR) is 114 cm³/mol. The van der Waals surface area contributed by atoms with Gasteiger partial charge in [-0.2, -0.15) is 5.10 Å². The highest BCUT2D eigenvalue weighted by Crippen LogP contribution is 2.18. The van der Waals surface area contributed by atoms with Crippen molar-refractivity contribution in [1.29, 1.82) is 0 Å². The molecule has 152 valence electrons. The van der Waals surface area contributed by atoms with Crippen LogP contribution in [0.25, 0.3) is 5.82 Å². The molecule has 7 heteroatoms. The van der Waals surface area contributed by atoms with Crippen LogP contribution in [0.15, 0.2) is 42.5 Å². The van der Waals surface area contributed by atoms with Gasteiger partial charge >= 0.3 is 0 Å². The molecule has 0 aliphatic heterocycles. The molecule has 0 aliphatic carbocycles. The largest absolute Gasteiger partial charge is 0.494 e. The zero-order valence-corrected chi connectivity index (χ0v) is 17.7. The van der Waals surface area contributed by atoms with Crippen LogP contribution in [0.2, 0.25) is 5.02 Å². The molecule has 0 spiro atoms. The third-order valence-electron chi connectivity index (χ3n) is 4.42. The van der Waals surface area contributed by atoms with Gasteiger partial charge in [0.15, 0.2) is 5.82 Å². The number of pyridine rings is 1. The van der Waals surface area contributed by atoms with E-state index < -0.39 is 0 Å². The molecule has 3 rings (SSSR count). The van der Waals surface area contributed by atoms with Gasteiger partial charge in [0, 0.05) is 12.2 Å². The van der Waals surface area contributed by atoms with Gasteiger partial charge in [-0.05, 0) is 63.9 Å². The van der Waals surface area contributed by atoms with Crippen molar-refractivity contribution >= 4 is 17.5 Å². The molecule has 3 aromatic rings. The van der Waals surface area contributed by atoms with Crippen molar-refractivity contribution in [3.05, 3.63) is 70.1 Å². The predicted octanol–water partition coefficient (Wildman–Crippen LogP) is 4.43. The van der Waals surface area contributed by atoms with Crippen LogP contribution in [0, 0.1) is 20.8 Å². The number of nitrogens with one attached hydrogen (secondary N) is 1. The van der Waals surface area contributed by atoms with Crippen LogP contribution in [0.5, 0.6) is 5.75 Å². The molecular formula is C22H25ClN4O2. The Bertz CT molecular complexity index is 983. The zero-order chi connectivity index (χ0) is 20.8. The van der Waals surface area contributed by atoms with E-state index in [4.69, 9.17) is 16.3 Å². The number of amides is 1. The van der Waals surface area contributed by atoms with Crippen molar-refractivity contribution < 1.29 is 9.53 Å². The Morgan fingerprint density at radius 2 is 1.86 bits per heavy atom. The van der Waals surface area contributed by atoms with E-state index in [1.54, 1.807) is 16.8 Å². The average Bonchev–Trinajstić information content (AvgIpc) is 3.04. The van der Waals surface area contributed by atoms with E-state index in [-0.39, 0.29) is 11.6 Å². The van der Waals surface area contributed by atoms with E-state index in [2.05, 4.69) is 15.4 Å². The number of ether oxygens (including phenoxy) is 1. The fraction of sp³-hybridized carbons (Fsp3) is 0.318. The summed E-state index contributed by atoms with van der Waals surface area (Å²) in [5.74, 6) is 1.13. The van der Waals surface area contributed by atoms with Crippen molar-refractivity contribution in [1.82, 2.24) is 20.1 Å². The van der Waals surface area contributed by atoms with E-state index in [9.17, 15) is 4.79 Å². The third kappa shape index (κ3) is 5.57. The fourth-order valence-electron chi connectivity index (χ4n) is 2.91. The van der Waals surface area contributed by atoms with Gasteiger partial charge in [-0.15, -0.1) is 0 Å². The summed E-state index contributed by atoms with van der Waals surface area (Å²) < 4.78 is 7.39. The zero-order valence-electron chi connectivity index (χ0n) is 16.9. The maximum absolute atomic E-state index is 12.5. The molecule has 1 amide bonds. The SMILES string of the molecule is Cc1ccc(OCCCCNC(=O)c2nc(-n3nc(C)cc3C)ccc2Cl)cc1. The quantitative estimate of drug-likeness (QED) is 0.555. The molecule has 2 heterocycles. The number of hydrogen-bond acceptors (Lipinski definition) is 4. The fourth-order valence-corrected chi connectivity index (χ4v) is 3.10. The topological polar surface area (TPSA) is 69.0 Å². The molecule has 0 saturated heterocycles. The van der Waals surface area contributed by atoms with Crippen molar-refractivity contribution in [3.63, 3.8) is 0 Å². The number of unbranched alkanes of at least 4 members (excludes halogenated alkanes) is 1. The minimum absolute atomic E-state index is 0.202. The lowest BCUT2D eigenvalue weighted by Crippen LogP contribution is -2.26. The third-order valence-corrected chi connectivity index (χ3v) is 4.72. The second-order valence-electron chi connectivity index (χ2n) is 6.96. The van der Waals surface area contributed by atoms with Gasteiger partial charge in [0.25, 0.3) is 5.91 Å². The van der Waals surface area contributed by atoms with E-state index in [1.165, 1.54) is 5.56 Å². The van der Waals surface area contributed by atoms with Crippen LogP contribution in [0.3, 0.4) is 0 Å². The van der Waals surface area contributed by atoms with Crippen LogP contribution in [-0.4, -0.2) is 33.8 Å². The molecule has 0 unspecified atom stereocenters. The Labute approximate surface area is 175 Å². The lowest BCUT2D eigenvalue weighted by atomic mass is 10.2. The first-order chi connectivity index (χ1) is 13.9. The molecule has 1 N–H and O–H groups in total. The summed E-state index contributed by atoms with van der Waals surface area (Å²) in [5, 5.41) is 7.59. The smallest absolute Gasteiger partial charge is 0.271 e. The van der Waals surface area contributed by atoms with Gasteiger partial charge < -0.3 is 10.1 Å². The number of hydrogen-bond donors (Lipinski definition) is 1. The second kappa shape index (κ2) is 9.56. The number of aromatic nitrogens is 3. The molecule has 0 aliphatic rings. The maximum Gasteiger partial charge on any atom is 0.271 e. The first-order valence-electron chi connectivity index (χ1n) is 9.62. The van der Waals surface area contributed by atoms with Gasteiger partial charge in [-0.25, -0.2) is 9.67 Å². The highest BCUT2D eigenvalue weighted by atomic mass is 35.5. The van der Waals surface area contributed by atoms with Gasteiger partial charge in [0.05, 0.1) is 17.3 Å². The van der Waals surface area contributed by atoms with Gasteiger partial charge in [-0.1, -0.05) is 29.3 Å². The summed E-state index contributed by atoms with van der Waals surface area (Å²) in [5.41, 5.74) is 3.23. The first-order valence-corrected chi connectivity index (χ1v) is 9.99. The Morgan fingerprint density at radius 1 is 1.10 bits per heavy atom. The second-order valence-corrected chi connectivity index (χ2v) is 7.37. The standard InChI is InChI=1S/C22H25ClN4O2/c1-15-6-8-18(9-7-15)29-13-5-4-12-24-22(28)21-19(23)10-11-20(25-21)27-17(3)14-16(2)26-27/h6-11,14H,4-5,12-13H2,1-3H3,(H,24,28).